The van der Waals surface area contributed by atoms with Crippen LogP contribution >= 0.6 is 0 Å². The highest BCUT2D eigenvalue weighted by Crippen LogP contribution is 2.44. The number of allylic oxidation sites excluding steroid dienone is 4. The molecule has 0 fully saturated rings. The molecule has 0 atom stereocenters. The summed E-state index contributed by atoms with van der Waals surface area (Å²) in [7, 11) is 0. The minimum Gasteiger partial charge on any atom is -0.450 e. The van der Waals surface area contributed by atoms with E-state index >= 15 is 0 Å². The molecule has 1 heterocycles. The summed E-state index contributed by atoms with van der Waals surface area (Å²) >= 11 is 0. The molecule has 0 amide bonds. The molecule has 0 bridgehead atoms. The van der Waals surface area contributed by atoms with Crippen molar-refractivity contribution in [3.63, 3.8) is 0 Å². The van der Waals surface area contributed by atoms with Crippen LogP contribution in [0.5, 0.6) is 57.5 Å². The first-order valence-corrected chi connectivity index (χ1v) is 13.9. The first-order chi connectivity index (χ1) is 21.3. The van der Waals surface area contributed by atoms with Gasteiger partial charge >= 0.3 is 0 Å². The number of hydrogen-bond donors (Lipinski definition) is 0. The second-order valence-corrected chi connectivity index (χ2v) is 9.61. The van der Waals surface area contributed by atoms with Gasteiger partial charge in [0.2, 0.25) is 0 Å². The Bertz CT molecular complexity index is 1740. The fourth-order valence-corrected chi connectivity index (χ4v) is 4.57. The van der Waals surface area contributed by atoms with E-state index in [1.807, 2.05) is 146 Å². The zero-order valence-electron chi connectivity index (χ0n) is 23.0. The van der Waals surface area contributed by atoms with Crippen LogP contribution in [-0.2, 0) is 0 Å². The molecule has 5 aromatic carbocycles. The van der Waals surface area contributed by atoms with Crippen LogP contribution in [0.4, 0.5) is 0 Å². The lowest BCUT2D eigenvalue weighted by molar-refractivity contribution is 0.338. The maximum Gasteiger partial charge on any atom is 0.170 e. The lowest BCUT2D eigenvalue weighted by Crippen LogP contribution is -2.04. The molecule has 0 unspecified atom stereocenters. The molecule has 5 aromatic rings. The maximum atomic E-state index is 6.46. The van der Waals surface area contributed by atoms with Crippen LogP contribution in [0.3, 0.4) is 0 Å². The highest BCUT2D eigenvalue weighted by Gasteiger charge is 2.19. The molecule has 2 aliphatic rings. The maximum absolute atomic E-state index is 6.46. The van der Waals surface area contributed by atoms with E-state index < -0.39 is 0 Å². The van der Waals surface area contributed by atoms with E-state index in [-0.39, 0.29) is 0 Å². The van der Waals surface area contributed by atoms with E-state index in [1.165, 1.54) is 0 Å². The van der Waals surface area contributed by atoms with E-state index in [2.05, 4.69) is 0 Å². The fourth-order valence-electron chi connectivity index (χ4n) is 4.57. The van der Waals surface area contributed by atoms with Crippen molar-refractivity contribution in [3.8, 4) is 57.5 Å². The van der Waals surface area contributed by atoms with Crippen molar-refractivity contribution in [1.82, 2.24) is 0 Å². The zero-order valence-corrected chi connectivity index (χ0v) is 23.0. The molecular weight excluding hydrogens is 540 g/mol. The lowest BCUT2D eigenvalue weighted by atomic mass is 10.2. The van der Waals surface area contributed by atoms with E-state index in [9.17, 15) is 0 Å². The second-order valence-electron chi connectivity index (χ2n) is 9.61. The zero-order chi connectivity index (χ0) is 28.8. The average molecular weight is 567 g/mol. The van der Waals surface area contributed by atoms with Crippen molar-refractivity contribution >= 4 is 0 Å². The summed E-state index contributed by atoms with van der Waals surface area (Å²) in [5, 5.41) is 0. The monoisotopic (exact) mass is 566 g/mol. The molecular formula is C37H26O6. The highest BCUT2D eigenvalue weighted by molar-refractivity contribution is 5.54. The van der Waals surface area contributed by atoms with Crippen LogP contribution in [0, 0.1) is 0 Å². The van der Waals surface area contributed by atoms with Crippen molar-refractivity contribution in [3.05, 3.63) is 157 Å². The molecule has 210 valence electrons. The van der Waals surface area contributed by atoms with Crippen LogP contribution in [0.1, 0.15) is 6.42 Å². The fraction of sp³-hybridized carbons (Fsp3) is 0.0270. The van der Waals surface area contributed by atoms with Crippen LogP contribution in [-0.4, -0.2) is 0 Å². The van der Waals surface area contributed by atoms with Gasteiger partial charge in [-0.2, -0.15) is 0 Å². The standard InChI is InChI=1S/C37H26O6/c1-2-14-26-27(15-3-1)39-29-17-5-7-19-31(29)41-33-21-9-11-23-35(33)43-37-25-13-12-24-36(37)42-34-22-10-8-20-32(34)40-30-18-6-4-16-28(30)38-26/h2-25H,1H2. The predicted molar refractivity (Wildman–Crippen MR) is 164 cm³/mol. The highest BCUT2D eigenvalue weighted by atomic mass is 16.6. The summed E-state index contributed by atoms with van der Waals surface area (Å²) in [6, 6.07) is 37.3. The van der Waals surface area contributed by atoms with Crippen molar-refractivity contribution < 1.29 is 28.4 Å². The number of ether oxygens (including phenoxy) is 6. The molecule has 0 saturated carbocycles. The average Bonchev–Trinajstić information content (AvgIpc) is 3.26. The molecule has 7 rings (SSSR count). The molecule has 6 heteroatoms. The van der Waals surface area contributed by atoms with Gasteiger partial charge in [0, 0.05) is 0 Å². The Morgan fingerprint density at radius 1 is 0.279 bits per heavy atom. The van der Waals surface area contributed by atoms with Crippen molar-refractivity contribution in [2.45, 2.75) is 6.42 Å². The molecule has 6 nitrogen and oxygen atoms in total. The Morgan fingerprint density at radius 2 is 0.488 bits per heavy atom. The minimum atomic E-state index is 0.507. The summed E-state index contributed by atoms with van der Waals surface area (Å²) in [5.74, 6) is 6.12. The first-order valence-electron chi connectivity index (χ1n) is 13.9. The van der Waals surface area contributed by atoms with Crippen LogP contribution in [0.2, 0.25) is 0 Å². The second kappa shape index (κ2) is 11.9. The van der Waals surface area contributed by atoms with Crippen molar-refractivity contribution in [2.75, 3.05) is 0 Å². The van der Waals surface area contributed by atoms with Gasteiger partial charge in [-0.05, 0) is 79.2 Å². The Hall–Kier alpha value is -5.88. The third-order valence-electron chi connectivity index (χ3n) is 6.62. The molecule has 0 N–H and O–H groups in total. The Balaban J connectivity index is 1.39. The predicted octanol–water partition coefficient (Wildman–Crippen LogP) is 10.4. The molecule has 1 aliphatic heterocycles. The molecule has 43 heavy (non-hydrogen) atoms. The van der Waals surface area contributed by atoms with Gasteiger partial charge in [0.15, 0.2) is 69.0 Å². The Morgan fingerprint density at radius 3 is 0.721 bits per heavy atom. The van der Waals surface area contributed by atoms with Gasteiger partial charge in [-0.25, -0.2) is 0 Å². The van der Waals surface area contributed by atoms with E-state index in [0.29, 0.717) is 69.0 Å². The van der Waals surface area contributed by atoms with E-state index in [0.717, 1.165) is 6.42 Å². The molecule has 0 aromatic heterocycles. The Labute approximate surface area is 249 Å². The van der Waals surface area contributed by atoms with Crippen molar-refractivity contribution in [2.24, 2.45) is 0 Å². The lowest BCUT2D eigenvalue weighted by Gasteiger charge is -2.19. The first kappa shape index (κ1) is 26.0. The van der Waals surface area contributed by atoms with Gasteiger partial charge < -0.3 is 28.4 Å². The summed E-state index contributed by atoms with van der Waals surface area (Å²) in [4.78, 5) is 0. The van der Waals surface area contributed by atoms with Gasteiger partial charge in [-0.15, -0.1) is 0 Å². The normalized spacial score (nSPS) is 13.9. The minimum absolute atomic E-state index is 0.507. The summed E-state index contributed by atoms with van der Waals surface area (Å²) < 4.78 is 38.5. The molecule has 1 aliphatic carbocycles. The number of rotatable bonds is 0. The van der Waals surface area contributed by atoms with Crippen LogP contribution in [0.25, 0.3) is 0 Å². The number of para-hydroxylation sites is 10. The topological polar surface area (TPSA) is 55.4 Å². The third kappa shape index (κ3) is 5.80. The summed E-state index contributed by atoms with van der Waals surface area (Å²) in [6.45, 7) is 0. The van der Waals surface area contributed by atoms with Gasteiger partial charge in [-0.1, -0.05) is 72.8 Å². The SMILES string of the molecule is C1=CC2=C(C=CC1)Oc1ccccc1Oc1ccccc1Oc1ccccc1Oc1ccccc1Oc1ccccc1O2. The summed E-state index contributed by atoms with van der Waals surface area (Å²) in [6.07, 6.45) is 8.53. The summed E-state index contributed by atoms with van der Waals surface area (Å²) in [5.41, 5.74) is 0. The van der Waals surface area contributed by atoms with Crippen molar-refractivity contribution in [1.29, 1.82) is 0 Å². The number of benzene rings is 5. The van der Waals surface area contributed by atoms with Crippen LogP contribution in [0.15, 0.2) is 157 Å². The van der Waals surface area contributed by atoms with Crippen LogP contribution < -0.4 is 28.4 Å². The van der Waals surface area contributed by atoms with Gasteiger partial charge in [-0.3, -0.25) is 0 Å². The van der Waals surface area contributed by atoms with Gasteiger partial charge in [0.05, 0.1) is 0 Å². The molecule has 0 spiro atoms. The molecule has 0 radical (unpaired) electrons. The number of hydrogen-bond acceptors (Lipinski definition) is 6. The third-order valence-corrected chi connectivity index (χ3v) is 6.62. The quantitative estimate of drug-likeness (QED) is 0.186. The van der Waals surface area contributed by atoms with Gasteiger partial charge in [0.1, 0.15) is 0 Å². The van der Waals surface area contributed by atoms with E-state index in [4.69, 9.17) is 28.4 Å². The van der Waals surface area contributed by atoms with Gasteiger partial charge in [0.25, 0.3) is 0 Å². The molecule has 0 saturated heterocycles. The smallest absolute Gasteiger partial charge is 0.170 e. The van der Waals surface area contributed by atoms with E-state index in [1.54, 1.807) is 0 Å². The Kier molecular flexibility index (Phi) is 7.22. The number of fused-ring (bicyclic) bond motifs is 5. The largest absolute Gasteiger partial charge is 0.450 e.